The molecular formula is C29H38F3N3O5S. The Kier molecular flexibility index (Phi) is 8.94. The summed E-state index contributed by atoms with van der Waals surface area (Å²) in [5, 5.41) is 0. The predicted molar refractivity (Wildman–Crippen MR) is 148 cm³/mol. The average molecular weight is 598 g/mol. The molecule has 3 heterocycles. The normalized spacial score (nSPS) is 18.9. The molecule has 1 aromatic carbocycles. The minimum atomic E-state index is -4.64. The number of carbonyl (C=O) groups is 2. The fourth-order valence-corrected chi connectivity index (χ4v) is 5.51. The zero-order valence-corrected chi connectivity index (χ0v) is 25.2. The quantitative estimate of drug-likeness (QED) is 0.406. The van der Waals surface area contributed by atoms with Crippen LogP contribution in [0.5, 0.6) is 5.75 Å². The molecule has 2 aliphatic rings. The van der Waals surface area contributed by atoms with Crippen LogP contribution in [0.15, 0.2) is 29.4 Å². The number of ether oxygens (including phenoxy) is 3. The number of rotatable bonds is 6. The topological polar surface area (TPSA) is 82.4 Å². The van der Waals surface area contributed by atoms with E-state index in [-0.39, 0.29) is 35.4 Å². The third kappa shape index (κ3) is 8.12. The molecule has 0 spiro atoms. The molecule has 2 fully saturated rings. The van der Waals surface area contributed by atoms with Crippen molar-refractivity contribution in [3.8, 4) is 5.75 Å². The number of likely N-dealkylation sites (tertiary alicyclic amines) is 1. The summed E-state index contributed by atoms with van der Waals surface area (Å²) >= 11 is 1.33. The number of halogens is 3. The van der Waals surface area contributed by atoms with Gasteiger partial charge in [0.05, 0.1) is 30.4 Å². The zero-order chi connectivity index (χ0) is 30.2. The predicted octanol–water partition coefficient (Wildman–Crippen LogP) is 6.03. The van der Waals surface area contributed by atoms with E-state index in [4.69, 9.17) is 14.2 Å². The third-order valence-electron chi connectivity index (χ3n) is 6.70. The number of aromatic nitrogens is 1. The molecule has 0 radical (unpaired) electrons. The van der Waals surface area contributed by atoms with E-state index in [1.807, 2.05) is 31.5 Å². The molecule has 0 aliphatic carbocycles. The van der Waals surface area contributed by atoms with E-state index in [2.05, 4.69) is 4.99 Å². The molecule has 41 heavy (non-hydrogen) atoms. The molecule has 0 saturated carbocycles. The summed E-state index contributed by atoms with van der Waals surface area (Å²) in [6.07, 6.45) is -1.30. The van der Waals surface area contributed by atoms with Crippen molar-refractivity contribution in [2.24, 2.45) is 10.9 Å². The Morgan fingerprint density at radius 2 is 1.83 bits per heavy atom. The third-order valence-corrected chi connectivity index (χ3v) is 8.15. The van der Waals surface area contributed by atoms with Gasteiger partial charge in [0.1, 0.15) is 11.4 Å². The minimum absolute atomic E-state index is 0.0124. The van der Waals surface area contributed by atoms with Gasteiger partial charge in [-0.25, -0.2) is 4.79 Å². The Labute approximate surface area is 242 Å². The van der Waals surface area contributed by atoms with E-state index in [0.717, 1.165) is 35.9 Å². The SMILES string of the molecule is CC(C)(C)OC(=O)N1CC(COc2ccc(C(F)(F)F)cc2C(=O)N=c2sc(C(C)(C)C)cn2C[C@H]2CCCO2)C1. The molecule has 1 aromatic heterocycles. The Hall–Kier alpha value is -2.86. The maximum atomic E-state index is 13.6. The minimum Gasteiger partial charge on any atom is -0.492 e. The van der Waals surface area contributed by atoms with Crippen LogP contribution in [-0.4, -0.2) is 59.5 Å². The summed E-state index contributed by atoms with van der Waals surface area (Å²) in [4.78, 5) is 32.8. The van der Waals surface area contributed by atoms with Gasteiger partial charge in [-0.15, -0.1) is 11.3 Å². The van der Waals surface area contributed by atoms with Crippen molar-refractivity contribution in [1.29, 1.82) is 0 Å². The molecule has 1 atom stereocenters. The lowest BCUT2D eigenvalue weighted by Gasteiger charge is -2.39. The molecule has 0 N–H and O–H groups in total. The van der Waals surface area contributed by atoms with Crippen molar-refractivity contribution >= 4 is 23.3 Å². The number of hydrogen-bond acceptors (Lipinski definition) is 6. The fourth-order valence-electron chi connectivity index (χ4n) is 4.46. The zero-order valence-electron chi connectivity index (χ0n) is 24.3. The Balaban J connectivity index is 1.57. The molecule has 2 amide bonds. The summed E-state index contributed by atoms with van der Waals surface area (Å²) < 4.78 is 59.6. The smallest absolute Gasteiger partial charge is 0.416 e. The number of carbonyl (C=O) groups excluding carboxylic acids is 2. The summed E-state index contributed by atoms with van der Waals surface area (Å²) in [5.41, 5.74) is -2.05. The van der Waals surface area contributed by atoms with Gasteiger partial charge < -0.3 is 23.7 Å². The van der Waals surface area contributed by atoms with Gasteiger partial charge in [0.25, 0.3) is 5.91 Å². The molecule has 0 bridgehead atoms. The molecule has 4 rings (SSSR count). The lowest BCUT2D eigenvalue weighted by atomic mass is 9.95. The van der Waals surface area contributed by atoms with Crippen molar-refractivity contribution in [1.82, 2.24) is 9.47 Å². The largest absolute Gasteiger partial charge is 0.492 e. The Bertz CT molecular complexity index is 1320. The standard InChI is InChI=1S/C29H38F3N3O5S/c1-27(2,3)23-16-34(15-20-8-7-11-38-20)25(41-23)33-24(36)21-12-19(29(30,31)32)9-10-22(21)39-17-18-13-35(14-18)26(37)40-28(4,5)6/h9-10,12,16,18,20H,7-8,11,13-15,17H2,1-6H3/t20-/m1/s1. The van der Waals surface area contributed by atoms with Crippen molar-refractivity contribution in [2.75, 3.05) is 26.3 Å². The first kappa shape index (κ1) is 31.1. The molecule has 12 heteroatoms. The van der Waals surface area contributed by atoms with E-state index < -0.39 is 29.3 Å². The van der Waals surface area contributed by atoms with Crippen LogP contribution in [0, 0.1) is 5.92 Å². The number of benzene rings is 1. The monoisotopic (exact) mass is 597 g/mol. The van der Waals surface area contributed by atoms with Crippen molar-refractivity contribution < 1.29 is 37.0 Å². The van der Waals surface area contributed by atoms with Crippen molar-refractivity contribution in [3.63, 3.8) is 0 Å². The van der Waals surface area contributed by atoms with Crippen molar-refractivity contribution in [3.05, 3.63) is 45.2 Å². The highest BCUT2D eigenvalue weighted by Gasteiger charge is 2.35. The number of hydrogen-bond donors (Lipinski definition) is 0. The second-order valence-electron chi connectivity index (χ2n) is 12.6. The van der Waals surface area contributed by atoms with Crippen LogP contribution in [0.4, 0.5) is 18.0 Å². The fraction of sp³-hybridized carbons (Fsp3) is 0.621. The van der Waals surface area contributed by atoms with Crippen LogP contribution < -0.4 is 9.54 Å². The number of thiazole rings is 1. The van der Waals surface area contributed by atoms with Gasteiger partial charge in [0.15, 0.2) is 4.80 Å². The van der Waals surface area contributed by atoms with Gasteiger partial charge in [-0.3, -0.25) is 4.79 Å². The molecule has 2 aliphatic heterocycles. The van der Waals surface area contributed by atoms with E-state index in [0.29, 0.717) is 31.0 Å². The van der Waals surface area contributed by atoms with Gasteiger partial charge in [0, 0.05) is 36.7 Å². The molecule has 226 valence electrons. The van der Waals surface area contributed by atoms with Crippen LogP contribution in [-0.2, 0) is 27.6 Å². The van der Waals surface area contributed by atoms with Crippen molar-refractivity contribution in [2.45, 2.75) is 84.2 Å². The summed E-state index contributed by atoms with van der Waals surface area (Å²) in [7, 11) is 0. The molecule has 8 nitrogen and oxygen atoms in total. The van der Waals surface area contributed by atoms with E-state index in [1.54, 1.807) is 20.8 Å². The first-order valence-corrected chi connectivity index (χ1v) is 14.5. The molecule has 2 aromatic rings. The average Bonchev–Trinajstić information content (AvgIpc) is 3.46. The molecular weight excluding hydrogens is 559 g/mol. The number of amides is 2. The highest BCUT2D eigenvalue weighted by Crippen LogP contribution is 2.34. The lowest BCUT2D eigenvalue weighted by Crippen LogP contribution is -2.53. The first-order chi connectivity index (χ1) is 19.0. The van der Waals surface area contributed by atoms with E-state index in [1.165, 1.54) is 16.2 Å². The van der Waals surface area contributed by atoms with Gasteiger partial charge in [-0.1, -0.05) is 20.8 Å². The molecule has 0 unspecified atom stereocenters. The van der Waals surface area contributed by atoms with E-state index in [9.17, 15) is 22.8 Å². The highest BCUT2D eigenvalue weighted by molar-refractivity contribution is 7.09. The second-order valence-corrected chi connectivity index (χ2v) is 13.6. The number of nitrogens with zero attached hydrogens (tertiary/aromatic N) is 3. The van der Waals surface area contributed by atoms with Crippen LogP contribution in [0.25, 0.3) is 0 Å². The van der Waals surface area contributed by atoms with Gasteiger partial charge >= 0.3 is 12.3 Å². The summed E-state index contributed by atoms with van der Waals surface area (Å²) in [6.45, 7) is 13.6. The van der Waals surface area contributed by atoms with Gasteiger partial charge in [0.2, 0.25) is 0 Å². The van der Waals surface area contributed by atoms with Crippen LogP contribution in [0.3, 0.4) is 0 Å². The summed E-state index contributed by atoms with van der Waals surface area (Å²) in [6, 6.07) is 2.84. The van der Waals surface area contributed by atoms with Crippen LogP contribution in [0.1, 0.15) is 75.2 Å². The Morgan fingerprint density at radius 1 is 1.12 bits per heavy atom. The van der Waals surface area contributed by atoms with Gasteiger partial charge in [-0.05, 0) is 57.2 Å². The Morgan fingerprint density at radius 3 is 2.41 bits per heavy atom. The number of alkyl halides is 3. The second kappa shape index (κ2) is 11.8. The van der Waals surface area contributed by atoms with Crippen LogP contribution >= 0.6 is 11.3 Å². The van der Waals surface area contributed by atoms with E-state index >= 15 is 0 Å². The maximum absolute atomic E-state index is 13.6. The molecule has 2 saturated heterocycles. The first-order valence-electron chi connectivity index (χ1n) is 13.7. The van der Waals surface area contributed by atoms with Crippen LogP contribution in [0.2, 0.25) is 0 Å². The lowest BCUT2D eigenvalue weighted by molar-refractivity contribution is -0.137. The summed E-state index contributed by atoms with van der Waals surface area (Å²) in [5.74, 6) is -0.857. The highest BCUT2D eigenvalue weighted by atomic mass is 32.1. The van der Waals surface area contributed by atoms with Gasteiger partial charge in [-0.2, -0.15) is 18.2 Å². The maximum Gasteiger partial charge on any atom is 0.416 e.